The van der Waals surface area contributed by atoms with Crippen LogP contribution in [0.2, 0.25) is 5.28 Å². The Kier molecular flexibility index (Phi) is 11.2. The van der Waals surface area contributed by atoms with Gasteiger partial charge in [0.2, 0.25) is 5.28 Å². The number of thioether (sulfide) groups is 1. The Morgan fingerprint density at radius 3 is 2.08 bits per heavy atom. The van der Waals surface area contributed by atoms with Gasteiger partial charge in [-0.15, -0.1) is 11.3 Å². The molecule has 7 rings (SSSR count). The van der Waals surface area contributed by atoms with Gasteiger partial charge in [0.1, 0.15) is 17.1 Å². The molecule has 4 heterocycles. The predicted molar refractivity (Wildman–Crippen MR) is 198 cm³/mol. The van der Waals surface area contributed by atoms with Crippen LogP contribution in [0.5, 0.6) is 0 Å². The van der Waals surface area contributed by atoms with E-state index in [0.29, 0.717) is 22.7 Å². The summed E-state index contributed by atoms with van der Waals surface area (Å²) < 4.78 is 26.8. The molecule has 0 radical (unpaired) electrons. The predicted octanol–water partition coefficient (Wildman–Crippen LogP) is 6.73. The quantitative estimate of drug-likeness (QED) is 0.0571. The van der Waals surface area contributed by atoms with Gasteiger partial charge in [0.15, 0.2) is 35.4 Å². The van der Waals surface area contributed by atoms with Gasteiger partial charge in [-0.1, -0.05) is 66.4 Å². The van der Waals surface area contributed by atoms with E-state index in [4.69, 9.17) is 30.5 Å². The maximum Gasteiger partial charge on any atom is 0.338 e. The number of hydrogen-bond acceptors (Lipinski definition) is 14. The van der Waals surface area contributed by atoms with Gasteiger partial charge >= 0.3 is 17.9 Å². The third-order valence-electron chi connectivity index (χ3n) is 8.10. The topological polar surface area (TPSA) is 157 Å². The number of halogens is 1. The lowest BCUT2D eigenvalue weighted by Crippen LogP contribution is -2.41. The molecular formula is C37H31ClN6O7S2. The van der Waals surface area contributed by atoms with Crippen molar-refractivity contribution in [2.24, 2.45) is 0 Å². The summed E-state index contributed by atoms with van der Waals surface area (Å²) in [7, 11) is 0. The Bertz CT molecular complexity index is 2180. The Hall–Kier alpha value is -5.35. The molecule has 5 atom stereocenters. The maximum atomic E-state index is 13.6. The standard InChI is InChI=1S/C37H31ClN6O7S2/c1-22(20-53-37-39-17-18-52-37)41-30-27-31(43-36(38)42-30)44(21-40-27)32-29(51-35(47)25-15-9-4-10-16-25)28(50-34(46)24-13-7-3-8-14-24)26(49-32)19-48-33(45)23-11-5-2-6-12-23/h2-18,21-22,26,28-29,32H,19-20H2,1H3,(H,41,42,43)/t22-,26-,28-,29-,32-/m1/s1. The van der Waals surface area contributed by atoms with Crippen LogP contribution in [0.25, 0.3) is 11.2 Å². The molecule has 16 heteroatoms. The van der Waals surface area contributed by atoms with E-state index >= 15 is 0 Å². The highest BCUT2D eigenvalue weighted by molar-refractivity contribution is 8.01. The monoisotopic (exact) mass is 770 g/mol. The van der Waals surface area contributed by atoms with Gasteiger partial charge in [0.25, 0.3) is 0 Å². The molecule has 0 amide bonds. The lowest BCUT2D eigenvalue weighted by molar-refractivity contribution is -0.0606. The fourth-order valence-corrected chi connectivity index (χ4v) is 7.39. The number of rotatable bonds is 13. The number of carbonyl (C=O) groups is 3. The van der Waals surface area contributed by atoms with Crippen molar-refractivity contribution in [1.82, 2.24) is 24.5 Å². The van der Waals surface area contributed by atoms with E-state index in [-0.39, 0.29) is 34.7 Å². The first kappa shape index (κ1) is 36.0. The molecule has 0 unspecified atom stereocenters. The van der Waals surface area contributed by atoms with Crippen LogP contribution in [0.4, 0.5) is 5.82 Å². The van der Waals surface area contributed by atoms with Crippen molar-refractivity contribution >= 4 is 69.6 Å². The normalized spacial score (nSPS) is 18.7. The number of aromatic nitrogens is 5. The lowest BCUT2D eigenvalue weighted by Gasteiger charge is -2.25. The molecule has 1 aliphatic heterocycles. The molecule has 0 spiro atoms. The Morgan fingerprint density at radius 1 is 0.868 bits per heavy atom. The molecule has 0 bridgehead atoms. The Labute approximate surface area is 316 Å². The van der Waals surface area contributed by atoms with Crippen molar-refractivity contribution in [2.45, 2.75) is 41.8 Å². The number of thiazole rings is 1. The van der Waals surface area contributed by atoms with Crippen molar-refractivity contribution in [2.75, 3.05) is 17.7 Å². The third kappa shape index (κ3) is 8.49. The fourth-order valence-electron chi connectivity index (χ4n) is 5.61. The first-order valence-corrected chi connectivity index (χ1v) is 18.7. The zero-order valence-corrected chi connectivity index (χ0v) is 30.4. The summed E-state index contributed by atoms with van der Waals surface area (Å²) in [6.45, 7) is 1.64. The number of anilines is 1. The summed E-state index contributed by atoms with van der Waals surface area (Å²) in [5.41, 5.74) is 1.46. The number of carbonyl (C=O) groups excluding carboxylic acids is 3. The van der Waals surface area contributed by atoms with E-state index in [9.17, 15) is 14.4 Å². The molecule has 53 heavy (non-hydrogen) atoms. The highest BCUT2D eigenvalue weighted by Crippen LogP contribution is 2.38. The van der Waals surface area contributed by atoms with Gasteiger partial charge in [-0.05, 0) is 54.9 Å². The van der Waals surface area contributed by atoms with Crippen LogP contribution in [-0.2, 0) is 18.9 Å². The van der Waals surface area contributed by atoms with Crippen LogP contribution >= 0.6 is 34.7 Å². The number of imidazole rings is 1. The van der Waals surface area contributed by atoms with Crippen molar-refractivity contribution in [3.05, 3.63) is 131 Å². The van der Waals surface area contributed by atoms with E-state index in [1.165, 1.54) is 10.9 Å². The summed E-state index contributed by atoms with van der Waals surface area (Å²) in [5, 5.41) is 5.21. The number of nitrogens with one attached hydrogen (secondary N) is 1. The van der Waals surface area contributed by atoms with Crippen molar-refractivity contribution in [3.63, 3.8) is 0 Å². The van der Waals surface area contributed by atoms with Crippen LogP contribution in [-0.4, -0.2) is 79.1 Å². The van der Waals surface area contributed by atoms with E-state index in [1.54, 1.807) is 120 Å². The highest BCUT2D eigenvalue weighted by atomic mass is 35.5. The lowest BCUT2D eigenvalue weighted by atomic mass is 10.1. The minimum absolute atomic E-state index is 0.0715. The van der Waals surface area contributed by atoms with Gasteiger partial charge < -0.3 is 24.3 Å². The van der Waals surface area contributed by atoms with Gasteiger partial charge in [0, 0.05) is 23.4 Å². The molecule has 0 saturated carbocycles. The van der Waals surface area contributed by atoms with Crippen LogP contribution < -0.4 is 5.32 Å². The molecule has 1 aliphatic rings. The first-order chi connectivity index (χ1) is 25.8. The van der Waals surface area contributed by atoms with Crippen LogP contribution in [0.15, 0.2) is 113 Å². The second-order valence-electron chi connectivity index (χ2n) is 11.8. The van der Waals surface area contributed by atoms with Gasteiger partial charge in [0.05, 0.1) is 23.0 Å². The second kappa shape index (κ2) is 16.5. The van der Waals surface area contributed by atoms with E-state index in [0.717, 1.165) is 4.34 Å². The Morgan fingerprint density at radius 2 is 1.47 bits per heavy atom. The molecule has 6 aromatic rings. The smallest absolute Gasteiger partial charge is 0.338 e. The third-order valence-corrected chi connectivity index (χ3v) is 10.5. The molecule has 0 aliphatic carbocycles. The molecule has 1 fully saturated rings. The number of fused-ring (bicyclic) bond motifs is 1. The van der Waals surface area contributed by atoms with Gasteiger partial charge in [-0.25, -0.2) is 24.4 Å². The molecule has 3 aromatic carbocycles. The highest BCUT2D eigenvalue weighted by Gasteiger charge is 2.52. The zero-order chi connectivity index (χ0) is 36.7. The van der Waals surface area contributed by atoms with Crippen molar-refractivity contribution in [3.8, 4) is 0 Å². The van der Waals surface area contributed by atoms with Crippen molar-refractivity contribution in [1.29, 1.82) is 0 Å². The van der Waals surface area contributed by atoms with Crippen molar-refractivity contribution < 1.29 is 33.3 Å². The summed E-state index contributed by atoms with van der Waals surface area (Å²) in [5.74, 6) is -0.954. The molecule has 270 valence electrons. The molecule has 13 nitrogen and oxygen atoms in total. The minimum Gasteiger partial charge on any atom is -0.459 e. The minimum atomic E-state index is -1.27. The average molecular weight is 771 g/mol. The molecule has 3 aromatic heterocycles. The number of hydrogen-bond donors (Lipinski definition) is 1. The van der Waals surface area contributed by atoms with Crippen LogP contribution in [0.1, 0.15) is 44.2 Å². The Balaban J connectivity index is 1.23. The van der Waals surface area contributed by atoms with Crippen LogP contribution in [0, 0.1) is 0 Å². The van der Waals surface area contributed by atoms with Gasteiger partial charge in [-0.2, -0.15) is 9.97 Å². The molecule has 1 saturated heterocycles. The SMILES string of the molecule is C[C@H](CSc1nccs1)Nc1nc(Cl)nc2c1ncn2[C@@H]1O[C@H](COC(=O)c2ccccc2)[C@@H](OC(=O)c2ccccc2)[C@H]1OC(=O)c1ccccc1. The molecule has 1 N–H and O–H groups in total. The summed E-state index contributed by atoms with van der Waals surface area (Å²) >= 11 is 9.62. The summed E-state index contributed by atoms with van der Waals surface area (Å²) in [4.78, 5) is 58.0. The maximum absolute atomic E-state index is 13.6. The zero-order valence-electron chi connectivity index (χ0n) is 28.0. The second-order valence-corrected chi connectivity index (χ2v) is 14.3. The molecular weight excluding hydrogens is 740 g/mol. The average Bonchev–Trinajstić information content (AvgIpc) is 3.94. The van der Waals surface area contributed by atoms with E-state index in [1.807, 2.05) is 12.3 Å². The number of nitrogens with zero attached hydrogens (tertiary/aromatic N) is 5. The first-order valence-electron chi connectivity index (χ1n) is 16.4. The number of ether oxygens (including phenoxy) is 4. The largest absolute Gasteiger partial charge is 0.459 e. The fraction of sp³-hybridized carbons (Fsp3) is 0.216. The van der Waals surface area contributed by atoms with E-state index < -0.39 is 42.4 Å². The number of esters is 3. The van der Waals surface area contributed by atoms with Crippen LogP contribution in [0.3, 0.4) is 0 Å². The summed E-state index contributed by atoms with van der Waals surface area (Å²) in [6, 6.07) is 25.1. The van der Waals surface area contributed by atoms with E-state index in [2.05, 4.69) is 25.3 Å². The van der Waals surface area contributed by atoms with Gasteiger partial charge in [-0.3, -0.25) is 4.57 Å². The summed E-state index contributed by atoms with van der Waals surface area (Å²) in [6.07, 6.45) is -1.57. The number of benzene rings is 3.